The molecule has 2 aliphatic carbocycles. The summed E-state index contributed by atoms with van der Waals surface area (Å²) < 4.78 is 5.65. The Morgan fingerprint density at radius 2 is 1.90 bits per heavy atom. The SMILES string of the molecule is COc1ccccc1C1(CNCC(C)C)CC2(CCC2)C1. The van der Waals surface area contributed by atoms with E-state index in [1.807, 2.05) is 0 Å². The average Bonchev–Trinajstić information content (AvgIpc) is 2.39. The minimum absolute atomic E-state index is 0.294. The van der Waals surface area contributed by atoms with Gasteiger partial charge in [0.25, 0.3) is 0 Å². The van der Waals surface area contributed by atoms with Crippen molar-refractivity contribution in [1.29, 1.82) is 0 Å². The molecule has 0 saturated heterocycles. The monoisotopic (exact) mass is 287 g/mol. The van der Waals surface area contributed by atoms with Gasteiger partial charge in [0.1, 0.15) is 5.75 Å². The van der Waals surface area contributed by atoms with Crippen LogP contribution in [-0.4, -0.2) is 20.2 Å². The highest BCUT2D eigenvalue weighted by atomic mass is 16.5. The third-order valence-corrected chi connectivity index (χ3v) is 5.54. The van der Waals surface area contributed by atoms with Gasteiger partial charge >= 0.3 is 0 Å². The van der Waals surface area contributed by atoms with Crippen LogP contribution in [0.2, 0.25) is 0 Å². The molecule has 2 saturated carbocycles. The predicted octanol–water partition coefficient (Wildman–Crippen LogP) is 4.14. The summed E-state index contributed by atoms with van der Waals surface area (Å²) >= 11 is 0. The lowest BCUT2D eigenvalue weighted by atomic mass is 9.43. The number of methoxy groups -OCH3 is 1. The van der Waals surface area contributed by atoms with Crippen LogP contribution < -0.4 is 10.1 Å². The molecule has 2 nitrogen and oxygen atoms in total. The first kappa shape index (κ1) is 14.9. The third-order valence-electron chi connectivity index (χ3n) is 5.54. The summed E-state index contributed by atoms with van der Waals surface area (Å²) in [6, 6.07) is 8.63. The van der Waals surface area contributed by atoms with E-state index in [1.165, 1.54) is 37.7 Å². The lowest BCUT2D eigenvalue weighted by molar-refractivity contribution is -0.0492. The minimum Gasteiger partial charge on any atom is -0.496 e. The van der Waals surface area contributed by atoms with Crippen molar-refractivity contribution in [1.82, 2.24) is 5.32 Å². The molecule has 0 bridgehead atoms. The van der Waals surface area contributed by atoms with Crippen molar-refractivity contribution in [2.45, 2.75) is 51.4 Å². The highest BCUT2D eigenvalue weighted by molar-refractivity contribution is 5.43. The second kappa shape index (κ2) is 5.64. The largest absolute Gasteiger partial charge is 0.496 e. The van der Waals surface area contributed by atoms with E-state index < -0.39 is 0 Å². The van der Waals surface area contributed by atoms with Crippen molar-refractivity contribution in [3.8, 4) is 5.75 Å². The number of rotatable bonds is 6. The molecule has 0 atom stereocenters. The summed E-state index contributed by atoms with van der Waals surface area (Å²) in [5.41, 5.74) is 2.38. The molecule has 0 amide bonds. The van der Waals surface area contributed by atoms with Gasteiger partial charge in [0.15, 0.2) is 0 Å². The van der Waals surface area contributed by atoms with Crippen LogP contribution in [0.1, 0.15) is 51.5 Å². The normalized spacial score (nSPS) is 21.9. The number of nitrogens with one attached hydrogen (secondary N) is 1. The summed E-state index contributed by atoms with van der Waals surface area (Å²) in [5, 5.41) is 3.71. The molecule has 2 aliphatic rings. The molecule has 1 aromatic rings. The Balaban J connectivity index is 1.79. The zero-order valence-corrected chi connectivity index (χ0v) is 13.7. The fourth-order valence-electron chi connectivity index (χ4n) is 4.51. The van der Waals surface area contributed by atoms with Crippen LogP contribution in [0.3, 0.4) is 0 Å². The standard InChI is InChI=1S/C19H29NO/c1-15(2)11-20-14-19(12-18(13-19)9-6-10-18)16-7-4-5-8-17(16)21-3/h4-5,7-8,15,20H,6,9-14H2,1-3H3. The van der Waals surface area contributed by atoms with Gasteiger partial charge in [-0.05, 0) is 49.6 Å². The Hall–Kier alpha value is -1.02. The minimum atomic E-state index is 0.294. The zero-order valence-electron chi connectivity index (χ0n) is 13.7. The maximum Gasteiger partial charge on any atom is 0.122 e. The Morgan fingerprint density at radius 3 is 2.48 bits per heavy atom. The van der Waals surface area contributed by atoms with E-state index >= 15 is 0 Å². The Labute approximate surface area is 129 Å². The van der Waals surface area contributed by atoms with E-state index in [2.05, 4.69) is 43.4 Å². The molecule has 0 radical (unpaired) electrons. The van der Waals surface area contributed by atoms with Crippen LogP contribution in [0, 0.1) is 11.3 Å². The Kier molecular flexibility index (Phi) is 4.00. The van der Waals surface area contributed by atoms with Gasteiger partial charge in [0.2, 0.25) is 0 Å². The van der Waals surface area contributed by atoms with Gasteiger partial charge in [-0.1, -0.05) is 38.5 Å². The van der Waals surface area contributed by atoms with E-state index in [0.29, 0.717) is 16.7 Å². The third kappa shape index (κ3) is 2.70. The average molecular weight is 287 g/mol. The predicted molar refractivity (Wildman–Crippen MR) is 87.9 cm³/mol. The molecule has 2 heteroatoms. The van der Waals surface area contributed by atoms with Crippen LogP contribution in [0.5, 0.6) is 5.75 Å². The van der Waals surface area contributed by atoms with E-state index in [-0.39, 0.29) is 0 Å². The van der Waals surface area contributed by atoms with Gasteiger partial charge in [0, 0.05) is 17.5 Å². The summed E-state index contributed by atoms with van der Waals surface area (Å²) in [7, 11) is 1.80. The van der Waals surface area contributed by atoms with Crippen LogP contribution in [0.15, 0.2) is 24.3 Å². The molecule has 1 aromatic carbocycles. The van der Waals surface area contributed by atoms with Gasteiger partial charge in [-0.3, -0.25) is 0 Å². The van der Waals surface area contributed by atoms with Crippen LogP contribution in [-0.2, 0) is 5.41 Å². The molecule has 116 valence electrons. The summed E-state index contributed by atoms with van der Waals surface area (Å²) in [6.45, 7) is 6.74. The van der Waals surface area contributed by atoms with Gasteiger partial charge in [-0.15, -0.1) is 0 Å². The van der Waals surface area contributed by atoms with Crippen LogP contribution in [0.4, 0.5) is 0 Å². The van der Waals surface area contributed by atoms with Crippen molar-refractivity contribution >= 4 is 0 Å². The molecule has 0 unspecified atom stereocenters. The molecule has 1 N–H and O–H groups in total. The molecule has 0 heterocycles. The van der Waals surface area contributed by atoms with Gasteiger partial charge in [0.05, 0.1) is 7.11 Å². The first-order chi connectivity index (χ1) is 10.1. The first-order valence-electron chi connectivity index (χ1n) is 8.43. The molecular formula is C19H29NO. The quantitative estimate of drug-likeness (QED) is 0.849. The van der Waals surface area contributed by atoms with Crippen molar-refractivity contribution in [2.24, 2.45) is 11.3 Å². The Bertz CT molecular complexity index is 482. The maximum atomic E-state index is 5.65. The molecule has 3 rings (SSSR count). The molecule has 0 aliphatic heterocycles. The fraction of sp³-hybridized carbons (Fsp3) is 0.684. The number of ether oxygens (including phenoxy) is 1. The molecular weight excluding hydrogens is 258 g/mol. The number of benzene rings is 1. The van der Waals surface area contributed by atoms with Gasteiger partial charge < -0.3 is 10.1 Å². The molecule has 0 aromatic heterocycles. The zero-order chi connectivity index (χ0) is 14.9. The Morgan fingerprint density at radius 1 is 1.19 bits per heavy atom. The number of hydrogen-bond acceptors (Lipinski definition) is 2. The highest BCUT2D eigenvalue weighted by Gasteiger charge is 2.57. The van der Waals surface area contributed by atoms with Gasteiger partial charge in [-0.2, -0.15) is 0 Å². The van der Waals surface area contributed by atoms with Crippen molar-refractivity contribution < 1.29 is 4.74 Å². The van der Waals surface area contributed by atoms with Crippen molar-refractivity contribution in [3.63, 3.8) is 0 Å². The van der Waals surface area contributed by atoms with Crippen molar-refractivity contribution in [3.05, 3.63) is 29.8 Å². The summed E-state index contributed by atoms with van der Waals surface area (Å²) in [4.78, 5) is 0. The lowest BCUT2D eigenvalue weighted by Gasteiger charge is -2.62. The summed E-state index contributed by atoms with van der Waals surface area (Å²) in [5.74, 6) is 1.77. The number of para-hydroxylation sites is 1. The van der Waals surface area contributed by atoms with E-state index in [0.717, 1.165) is 18.8 Å². The van der Waals surface area contributed by atoms with Crippen LogP contribution >= 0.6 is 0 Å². The van der Waals surface area contributed by atoms with Crippen LogP contribution in [0.25, 0.3) is 0 Å². The highest BCUT2D eigenvalue weighted by Crippen LogP contribution is 2.65. The van der Waals surface area contributed by atoms with Crippen molar-refractivity contribution in [2.75, 3.05) is 20.2 Å². The van der Waals surface area contributed by atoms with E-state index in [9.17, 15) is 0 Å². The second-order valence-electron chi connectivity index (χ2n) is 7.71. The topological polar surface area (TPSA) is 21.3 Å². The summed E-state index contributed by atoms with van der Waals surface area (Å²) in [6.07, 6.45) is 6.99. The molecule has 2 fully saturated rings. The maximum absolute atomic E-state index is 5.65. The van der Waals surface area contributed by atoms with E-state index in [4.69, 9.17) is 4.74 Å². The second-order valence-corrected chi connectivity index (χ2v) is 7.71. The number of hydrogen-bond donors (Lipinski definition) is 1. The molecule has 21 heavy (non-hydrogen) atoms. The lowest BCUT2D eigenvalue weighted by Crippen LogP contribution is -2.57. The van der Waals surface area contributed by atoms with Gasteiger partial charge in [-0.25, -0.2) is 0 Å². The van der Waals surface area contributed by atoms with E-state index in [1.54, 1.807) is 7.11 Å². The first-order valence-corrected chi connectivity index (χ1v) is 8.43. The fourth-order valence-corrected chi connectivity index (χ4v) is 4.51. The molecule has 1 spiro atoms. The smallest absolute Gasteiger partial charge is 0.122 e.